The summed E-state index contributed by atoms with van der Waals surface area (Å²) in [7, 11) is 0. The van der Waals surface area contributed by atoms with Gasteiger partial charge in [0.15, 0.2) is 5.75 Å². The summed E-state index contributed by atoms with van der Waals surface area (Å²) in [4.78, 5) is 14.0. The number of hydrogen-bond acceptors (Lipinski definition) is 6. The molecule has 0 amide bonds. The Labute approximate surface area is 194 Å². The summed E-state index contributed by atoms with van der Waals surface area (Å²) < 4.78 is 6.45. The summed E-state index contributed by atoms with van der Waals surface area (Å²) >= 11 is 21.7. The number of pyridine rings is 1. The zero-order valence-electron chi connectivity index (χ0n) is 15.0. The molecule has 0 saturated heterocycles. The fourth-order valence-electron chi connectivity index (χ4n) is 2.31. The molecule has 3 aromatic rings. The maximum Gasteiger partial charge on any atom is 0.287 e. The number of hydrazone groups is 1. The van der Waals surface area contributed by atoms with Crippen molar-refractivity contribution in [3.63, 3.8) is 0 Å². The molecule has 3 rings (SSSR count). The molecule has 0 aliphatic heterocycles. The molecule has 30 heavy (non-hydrogen) atoms. The number of nitrogens with zero attached hydrogens (tertiary/aromatic N) is 3. The molecule has 0 saturated carbocycles. The van der Waals surface area contributed by atoms with Gasteiger partial charge in [-0.15, -0.1) is 0 Å². The number of rotatable bonds is 7. The standard InChI is InChI=1S/C19H12BrCl3N4O3/c20-14-5-12(8-25-26-18-4-2-13(9-24-18)27(28)29)7-17(23)19(14)30-10-11-1-3-15(21)16(22)6-11/h1-9H,10H2,(H,24,26)/b25-8+. The van der Waals surface area contributed by atoms with Gasteiger partial charge in [-0.05, 0) is 57.4 Å². The Morgan fingerprint density at radius 2 is 1.93 bits per heavy atom. The molecule has 7 nitrogen and oxygen atoms in total. The quantitative estimate of drug-likeness (QED) is 0.208. The number of aromatic nitrogens is 1. The van der Waals surface area contributed by atoms with E-state index in [1.54, 1.807) is 24.3 Å². The molecule has 1 N–H and O–H groups in total. The van der Waals surface area contributed by atoms with Gasteiger partial charge in [0.2, 0.25) is 0 Å². The van der Waals surface area contributed by atoms with Gasteiger partial charge >= 0.3 is 0 Å². The predicted molar refractivity (Wildman–Crippen MR) is 122 cm³/mol. The number of anilines is 1. The van der Waals surface area contributed by atoms with E-state index in [1.807, 2.05) is 6.07 Å². The van der Waals surface area contributed by atoms with Crippen LogP contribution in [0.4, 0.5) is 11.5 Å². The van der Waals surface area contributed by atoms with Crippen LogP contribution in [0.15, 0.2) is 58.2 Å². The fourth-order valence-corrected chi connectivity index (χ4v) is 3.62. The first-order valence-corrected chi connectivity index (χ1v) is 10.2. The van der Waals surface area contributed by atoms with Gasteiger partial charge in [-0.2, -0.15) is 5.10 Å². The van der Waals surface area contributed by atoms with Crippen molar-refractivity contribution in [1.29, 1.82) is 0 Å². The SMILES string of the molecule is O=[N+]([O-])c1ccc(N/N=C/c2cc(Cl)c(OCc3ccc(Cl)c(Cl)c3)c(Br)c2)nc1. The zero-order valence-corrected chi connectivity index (χ0v) is 18.8. The lowest BCUT2D eigenvalue weighted by Crippen LogP contribution is -1.98. The van der Waals surface area contributed by atoms with Crippen molar-refractivity contribution in [3.8, 4) is 5.75 Å². The van der Waals surface area contributed by atoms with E-state index in [4.69, 9.17) is 39.5 Å². The van der Waals surface area contributed by atoms with E-state index in [9.17, 15) is 10.1 Å². The second kappa shape index (κ2) is 10.1. The van der Waals surface area contributed by atoms with Crippen molar-refractivity contribution in [2.24, 2.45) is 5.10 Å². The molecule has 0 aliphatic carbocycles. The first kappa shape index (κ1) is 22.3. The molecule has 0 spiro atoms. The highest BCUT2D eigenvalue weighted by molar-refractivity contribution is 9.10. The lowest BCUT2D eigenvalue weighted by molar-refractivity contribution is -0.385. The van der Waals surface area contributed by atoms with Crippen LogP contribution in [0.25, 0.3) is 0 Å². The van der Waals surface area contributed by atoms with Crippen molar-refractivity contribution >= 4 is 68.5 Å². The number of nitrogens with one attached hydrogen (secondary N) is 1. The Morgan fingerprint density at radius 1 is 1.13 bits per heavy atom. The summed E-state index contributed by atoms with van der Waals surface area (Å²) in [5.74, 6) is 0.841. The fraction of sp³-hybridized carbons (Fsp3) is 0.0526. The van der Waals surface area contributed by atoms with Crippen LogP contribution in [-0.2, 0) is 6.61 Å². The van der Waals surface area contributed by atoms with Crippen molar-refractivity contribution in [2.45, 2.75) is 6.61 Å². The molecular weight excluding hydrogens is 518 g/mol. The smallest absolute Gasteiger partial charge is 0.287 e. The third-order valence-electron chi connectivity index (χ3n) is 3.74. The zero-order chi connectivity index (χ0) is 21.7. The van der Waals surface area contributed by atoms with E-state index >= 15 is 0 Å². The molecular formula is C19H12BrCl3N4O3. The Bertz CT molecular complexity index is 1090. The minimum absolute atomic E-state index is 0.100. The molecule has 1 aromatic heterocycles. The van der Waals surface area contributed by atoms with Crippen LogP contribution >= 0.6 is 50.7 Å². The van der Waals surface area contributed by atoms with E-state index in [1.165, 1.54) is 18.3 Å². The molecule has 0 aliphatic rings. The molecule has 0 unspecified atom stereocenters. The largest absolute Gasteiger partial charge is 0.486 e. The van der Waals surface area contributed by atoms with Crippen molar-refractivity contribution in [2.75, 3.05) is 5.43 Å². The van der Waals surface area contributed by atoms with Crippen molar-refractivity contribution < 1.29 is 9.66 Å². The molecule has 154 valence electrons. The van der Waals surface area contributed by atoms with Crippen LogP contribution in [0.3, 0.4) is 0 Å². The van der Waals surface area contributed by atoms with Crippen LogP contribution in [0.2, 0.25) is 15.1 Å². The highest BCUT2D eigenvalue weighted by atomic mass is 79.9. The summed E-state index contributed by atoms with van der Waals surface area (Å²) in [6.45, 7) is 0.260. The van der Waals surface area contributed by atoms with Crippen LogP contribution < -0.4 is 10.2 Å². The van der Waals surface area contributed by atoms with E-state index in [0.717, 1.165) is 11.8 Å². The van der Waals surface area contributed by atoms with Gasteiger partial charge in [-0.25, -0.2) is 4.98 Å². The van der Waals surface area contributed by atoms with Gasteiger partial charge in [0, 0.05) is 6.07 Å². The van der Waals surface area contributed by atoms with Gasteiger partial charge in [0.1, 0.15) is 18.6 Å². The average Bonchev–Trinajstić information content (AvgIpc) is 2.70. The number of halogens is 4. The van der Waals surface area contributed by atoms with E-state index in [0.29, 0.717) is 36.7 Å². The first-order chi connectivity index (χ1) is 14.3. The van der Waals surface area contributed by atoms with Gasteiger partial charge < -0.3 is 4.74 Å². The molecule has 11 heteroatoms. The Kier molecular flexibility index (Phi) is 7.49. The van der Waals surface area contributed by atoms with E-state index < -0.39 is 4.92 Å². The lowest BCUT2D eigenvalue weighted by Gasteiger charge is -2.11. The van der Waals surface area contributed by atoms with Crippen molar-refractivity contribution in [3.05, 3.63) is 89.4 Å². The Hall–Kier alpha value is -2.39. The third kappa shape index (κ3) is 5.82. The topological polar surface area (TPSA) is 89.7 Å². The summed E-state index contributed by atoms with van der Waals surface area (Å²) in [6.07, 6.45) is 2.67. The van der Waals surface area contributed by atoms with Gasteiger partial charge in [0.05, 0.1) is 30.7 Å². The highest BCUT2D eigenvalue weighted by Gasteiger charge is 2.10. The maximum absolute atomic E-state index is 10.6. The first-order valence-electron chi connectivity index (χ1n) is 8.29. The molecule has 0 atom stereocenters. The van der Waals surface area contributed by atoms with E-state index in [2.05, 4.69) is 31.4 Å². The Morgan fingerprint density at radius 3 is 2.57 bits per heavy atom. The lowest BCUT2D eigenvalue weighted by atomic mass is 10.2. The number of benzene rings is 2. The normalized spacial score (nSPS) is 10.9. The minimum atomic E-state index is -0.523. The predicted octanol–water partition coefficient (Wildman–Crippen LogP) is 6.74. The van der Waals surface area contributed by atoms with Crippen LogP contribution in [0.1, 0.15) is 11.1 Å². The molecule has 2 aromatic carbocycles. The Balaban J connectivity index is 1.65. The minimum Gasteiger partial charge on any atom is -0.486 e. The summed E-state index contributed by atoms with van der Waals surface area (Å²) in [6, 6.07) is 11.5. The molecule has 0 fully saturated rings. The molecule has 0 bridgehead atoms. The van der Waals surface area contributed by atoms with Gasteiger partial charge in [-0.1, -0.05) is 40.9 Å². The van der Waals surface area contributed by atoms with E-state index in [-0.39, 0.29) is 12.3 Å². The maximum atomic E-state index is 10.6. The second-order valence-electron chi connectivity index (χ2n) is 5.88. The number of nitro groups is 1. The average molecular weight is 531 g/mol. The summed E-state index contributed by atoms with van der Waals surface area (Å²) in [5.41, 5.74) is 4.13. The van der Waals surface area contributed by atoms with Gasteiger partial charge in [-0.3, -0.25) is 15.5 Å². The molecule has 1 heterocycles. The van der Waals surface area contributed by atoms with Crippen LogP contribution in [0, 0.1) is 10.1 Å². The number of hydrogen-bond donors (Lipinski definition) is 1. The number of ether oxygens (including phenoxy) is 1. The summed E-state index contributed by atoms with van der Waals surface area (Å²) in [5, 5.41) is 16.0. The molecule has 0 radical (unpaired) electrons. The monoisotopic (exact) mass is 528 g/mol. The van der Waals surface area contributed by atoms with Crippen LogP contribution in [0.5, 0.6) is 5.75 Å². The van der Waals surface area contributed by atoms with Crippen molar-refractivity contribution in [1.82, 2.24) is 4.98 Å². The third-order valence-corrected chi connectivity index (χ3v) is 5.35. The van der Waals surface area contributed by atoms with Gasteiger partial charge in [0.25, 0.3) is 5.69 Å². The highest BCUT2D eigenvalue weighted by Crippen LogP contribution is 2.35. The second-order valence-corrected chi connectivity index (χ2v) is 7.96. The van der Waals surface area contributed by atoms with Crippen LogP contribution in [-0.4, -0.2) is 16.1 Å².